The molecule has 1 unspecified atom stereocenters. The first-order valence-corrected chi connectivity index (χ1v) is 7.64. The van der Waals surface area contributed by atoms with Crippen LogP contribution in [0.4, 0.5) is 0 Å². The summed E-state index contributed by atoms with van der Waals surface area (Å²) in [5.74, 6) is 1.72. The Hall–Kier alpha value is -2.27. The second-order valence-electron chi connectivity index (χ2n) is 5.92. The molecule has 2 fully saturated rings. The summed E-state index contributed by atoms with van der Waals surface area (Å²) < 4.78 is 11.1. The summed E-state index contributed by atoms with van der Waals surface area (Å²) in [4.78, 5) is 14.7. The molecule has 3 heterocycles. The van der Waals surface area contributed by atoms with E-state index >= 15 is 0 Å². The monoisotopic (exact) mass is 298 g/mol. The molecule has 2 aromatic rings. The van der Waals surface area contributed by atoms with Crippen molar-refractivity contribution < 1.29 is 13.9 Å². The molecule has 1 aromatic heterocycles. The van der Waals surface area contributed by atoms with Crippen LogP contribution in [-0.4, -0.2) is 36.5 Å². The van der Waals surface area contributed by atoms with Crippen LogP contribution >= 0.6 is 0 Å². The largest absolute Gasteiger partial charge is 0.426 e. The molecule has 5 nitrogen and oxygen atoms in total. The minimum absolute atomic E-state index is 0.165. The number of fused-ring (bicyclic) bond motifs is 2. The van der Waals surface area contributed by atoms with Crippen LogP contribution in [0.1, 0.15) is 17.0 Å². The lowest BCUT2D eigenvalue weighted by molar-refractivity contribution is 0.0891. The summed E-state index contributed by atoms with van der Waals surface area (Å²) in [6.07, 6.45) is 1.17. The molecule has 22 heavy (non-hydrogen) atoms. The minimum atomic E-state index is -0.165. The SMILES string of the molecule is O=C(N[C@H]1CN2CC[C@H]1C2)c1ccc(Oc2ccccc2)o1. The zero-order valence-electron chi connectivity index (χ0n) is 12.2. The Morgan fingerprint density at radius 3 is 2.77 bits per heavy atom. The Morgan fingerprint density at radius 1 is 1.18 bits per heavy atom. The third-order valence-corrected chi connectivity index (χ3v) is 4.42. The molecule has 4 rings (SSSR count). The Labute approximate surface area is 128 Å². The molecule has 2 saturated heterocycles. The topological polar surface area (TPSA) is 54.7 Å². The first kappa shape index (κ1) is 13.4. The van der Waals surface area contributed by atoms with Crippen LogP contribution in [-0.2, 0) is 0 Å². The third-order valence-electron chi connectivity index (χ3n) is 4.42. The number of ether oxygens (including phenoxy) is 1. The third kappa shape index (κ3) is 2.60. The predicted octanol–water partition coefficient (Wildman–Crippen LogP) is 2.51. The van der Waals surface area contributed by atoms with E-state index in [0.717, 1.165) is 19.6 Å². The van der Waals surface area contributed by atoms with E-state index in [-0.39, 0.29) is 11.9 Å². The number of furan rings is 1. The molecule has 1 aromatic carbocycles. The number of hydrogen-bond donors (Lipinski definition) is 1. The number of carbonyl (C=O) groups excluding carboxylic acids is 1. The highest BCUT2D eigenvalue weighted by Crippen LogP contribution is 2.28. The summed E-state index contributed by atoms with van der Waals surface area (Å²) in [5.41, 5.74) is 0. The van der Waals surface area contributed by atoms with Crippen LogP contribution in [0.2, 0.25) is 0 Å². The molecule has 0 aliphatic carbocycles. The molecule has 1 N–H and O–H groups in total. The fourth-order valence-electron chi connectivity index (χ4n) is 3.29. The Kier molecular flexibility index (Phi) is 3.35. The van der Waals surface area contributed by atoms with Crippen LogP contribution in [0.5, 0.6) is 11.7 Å². The molecule has 3 atom stereocenters. The van der Waals surface area contributed by atoms with Gasteiger partial charge in [-0.1, -0.05) is 18.2 Å². The van der Waals surface area contributed by atoms with Crippen LogP contribution in [0.25, 0.3) is 0 Å². The summed E-state index contributed by atoms with van der Waals surface area (Å²) in [7, 11) is 0. The van der Waals surface area contributed by atoms with E-state index in [1.54, 1.807) is 12.1 Å². The van der Waals surface area contributed by atoms with Crippen LogP contribution in [0, 0.1) is 5.92 Å². The number of para-hydroxylation sites is 1. The molecular formula is C17H18N2O3. The van der Waals surface area contributed by atoms with Gasteiger partial charge in [-0.05, 0) is 37.1 Å². The molecule has 0 saturated carbocycles. The van der Waals surface area contributed by atoms with E-state index in [9.17, 15) is 4.79 Å². The number of carbonyl (C=O) groups is 1. The second kappa shape index (κ2) is 5.50. The van der Waals surface area contributed by atoms with Crippen molar-refractivity contribution in [1.29, 1.82) is 0 Å². The number of amides is 1. The van der Waals surface area contributed by atoms with Gasteiger partial charge in [-0.25, -0.2) is 0 Å². The maximum absolute atomic E-state index is 12.3. The van der Waals surface area contributed by atoms with Crippen LogP contribution < -0.4 is 10.1 Å². The van der Waals surface area contributed by atoms with Crippen molar-refractivity contribution in [2.75, 3.05) is 19.6 Å². The average Bonchev–Trinajstić information content (AvgIpc) is 3.24. The van der Waals surface area contributed by atoms with Crippen molar-refractivity contribution in [3.05, 3.63) is 48.2 Å². The van der Waals surface area contributed by atoms with Gasteiger partial charge in [0.15, 0.2) is 5.76 Å². The molecule has 5 heteroatoms. The van der Waals surface area contributed by atoms with Gasteiger partial charge >= 0.3 is 0 Å². The van der Waals surface area contributed by atoms with Crippen molar-refractivity contribution in [2.24, 2.45) is 5.92 Å². The van der Waals surface area contributed by atoms with Crippen molar-refractivity contribution in [2.45, 2.75) is 12.5 Å². The lowest BCUT2D eigenvalue weighted by Crippen LogP contribution is -2.43. The first-order chi connectivity index (χ1) is 10.8. The summed E-state index contributed by atoms with van der Waals surface area (Å²) in [6, 6.07) is 12.9. The van der Waals surface area contributed by atoms with Crippen molar-refractivity contribution in [3.8, 4) is 11.7 Å². The lowest BCUT2D eigenvalue weighted by Gasteiger charge is -2.22. The molecule has 1 amide bonds. The highest BCUT2D eigenvalue weighted by atomic mass is 16.6. The number of benzene rings is 1. The first-order valence-electron chi connectivity index (χ1n) is 7.64. The Bertz CT molecular complexity index is 668. The quantitative estimate of drug-likeness (QED) is 0.942. The van der Waals surface area contributed by atoms with Gasteiger partial charge in [0, 0.05) is 25.2 Å². The van der Waals surface area contributed by atoms with E-state index in [1.807, 2.05) is 30.3 Å². The number of rotatable bonds is 4. The molecule has 2 bridgehead atoms. The second-order valence-corrected chi connectivity index (χ2v) is 5.92. The van der Waals surface area contributed by atoms with Gasteiger partial charge in [-0.3, -0.25) is 4.79 Å². The molecular weight excluding hydrogens is 280 g/mol. The molecule has 2 aliphatic heterocycles. The summed E-state index contributed by atoms with van der Waals surface area (Å²) >= 11 is 0. The molecule has 2 aliphatic rings. The van der Waals surface area contributed by atoms with Crippen molar-refractivity contribution >= 4 is 5.91 Å². The summed E-state index contributed by atoms with van der Waals surface area (Å²) in [5, 5.41) is 3.07. The normalized spacial score (nSPS) is 26.1. The van der Waals surface area contributed by atoms with Gasteiger partial charge in [-0.15, -0.1) is 0 Å². The minimum Gasteiger partial charge on any atom is -0.426 e. The number of nitrogens with one attached hydrogen (secondary N) is 1. The smallest absolute Gasteiger partial charge is 0.290 e. The van der Waals surface area contributed by atoms with Crippen LogP contribution in [0.3, 0.4) is 0 Å². The number of nitrogens with zero attached hydrogens (tertiary/aromatic N) is 1. The lowest BCUT2D eigenvalue weighted by atomic mass is 10.00. The van der Waals surface area contributed by atoms with E-state index < -0.39 is 0 Å². The van der Waals surface area contributed by atoms with Gasteiger partial charge in [0.05, 0.1) is 0 Å². The van der Waals surface area contributed by atoms with Crippen molar-refractivity contribution in [3.63, 3.8) is 0 Å². The summed E-state index contributed by atoms with van der Waals surface area (Å²) in [6.45, 7) is 3.21. The fraction of sp³-hybridized carbons (Fsp3) is 0.353. The van der Waals surface area contributed by atoms with Gasteiger partial charge in [0.1, 0.15) is 5.75 Å². The molecule has 0 radical (unpaired) electrons. The van der Waals surface area contributed by atoms with E-state index in [2.05, 4.69) is 10.2 Å². The number of piperidine rings is 1. The Morgan fingerprint density at radius 2 is 2.05 bits per heavy atom. The van der Waals surface area contributed by atoms with E-state index in [4.69, 9.17) is 9.15 Å². The fourth-order valence-corrected chi connectivity index (χ4v) is 3.29. The Balaban J connectivity index is 1.39. The predicted molar refractivity (Wildman–Crippen MR) is 81.0 cm³/mol. The maximum atomic E-state index is 12.3. The van der Waals surface area contributed by atoms with Crippen molar-refractivity contribution in [1.82, 2.24) is 10.2 Å². The van der Waals surface area contributed by atoms with Gasteiger partial charge in [0.2, 0.25) is 0 Å². The highest BCUT2D eigenvalue weighted by Gasteiger charge is 2.38. The molecule has 0 spiro atoms. The average molecular weight is 298 g/mol. The van der Waals surface area contributed by atoms with E-state index in [0.29, 0.717) is 23.4 Å². The van der Waals surface area contributed by atoms with E-state index in [1.165, 1.54) is 6.42 Å². The zero-order valence-corrected chi connectivity index (χ0v) is 12.2. The number of hydrogen-bond acceptors (Lipinski definition) is 4. The highest BCUT2D eigenvalue weighted by molar-refractivity contribution is 5.91. The van der Waals surface area contributed by atoms with Gasteiger partial charge in [0.25, 0.3) is 11.9 Å². The van der Waals surface area contributed by atoms with Gasteiger partial charge < -0.3 is 19.4 Å². The maximum Gasteiger partial charge on any atom is 0.290 e. The standard InChI is InChI=1S/C17H18N2O3/c20-17(18-14-11-19-9-8-12(14)10-19)15-6-7-16(22-15)21-13-4-2-1-3-5-13/h1-7,12,14H,8-11H2,(H,18,20)/t12-,14-/m0/s1. The zero-order chi connectivity index (χ0) is 14.9. The van der Waals surface area contributed by atoms with Gasteiger partial charge in [-0.2, -0.15) is 0 Å². The van der Waals surface area contributed by atoms with Crippen LogP contribution in [0.15, 0.2) is 46.9 Å². The molecule has 114 valence electrons.